The summed E-state index contributed by atoms with van der Waals surface area (Å²) in [6.45, 7) is 1.79. The molecule has 0 aliphatic heterocycles. The van der Waals surface area contributed by atoms with Gasteiger partial charge in [-0.1, -0.05) is 29.3 Å². The van der Waals surface area contributed by atoms with Crippen molar-refractivity contribution >= 4 is 38.9 Å². The van der Waals surface area contributed by atoms with Gasteiger partial charge in [0.1, 0.15) is 10.0 Å². The van der Waals surface area contributed by atoms with E-state index in [1.165, 1.54) is 18.3 Å². The molecule has 0 saturated carbocycles. The van der Waals surface area contributed by atoms with E-state index in [2.05, 4.69) is 9.71 Å². The van der Waals surface area contributed by atoms with Crippen molar-refractivity contribution in [1.82, 2.24) is 4.98 Å². The highest BCUT2D eigenvalue weighted by Gasteiger charge is 2.15. The molecule has 19 heavy (non-hydrogen) atoms. The topological polar surface area (TPSA) is 59.1 Å². The fourth-order valence-electron chi connectivity index (χ4n) is 1.43. The molecule has 1 heterocycles. The van der Waals surface area contributed by atoms with Crippen LogP contribution in [-0.2, 0) is 10.0 Å². The Morgan fingerprint density at radius 2 is 1.89 bits per heavy atom. The lowest BCUT2D eigenvalue weighted by molar-refractivity contribution is 0.601. The van der Waals surface area contributed by atoms with Gasteiger partial charge in [-0.25, -0.2) is 13.4 Å². The molecule has 0 fully saturated rings. The maximum atomic E-state index is 12.1. The van der Waals surface area contributed by atoms with Crippen LogP contribution in [0.2, 0.25) is 10.2 Å². The highest BCUT2D eigenvalue weighted by Crippen LogP contribution is 2.23. The molecule has 1 aromatic heterocycles. The first-order valence-corrected chi connectivity index (χ1v) is 7.53. The first-order valence-electron chi connectivity index (χ1n) is 5.29. The number of anilines is 1. The van der Waals surface area contributed by atoms with Crippen molar-refractivity contribution in [3.05, 3.63) is 52.3 Å². The van der Waals surface area contributed by atoms with Gasteiger partial charge in [-0.3, -0.25) is 4.72 Å². The van der Waals surface area contributed by atoms with Gasteiger partial charge >= 0.3 is 0 Å². The minimum atomic E-state index is -3.70. The van der Waals surface area contributed by atoms with E-state index >= 15 is 0 Å². The number of halogens is 2. The Morgan fingerprint density at radius 3 is 2.53 bits per heavy atom. The molecule has 2 aromatic rings. The number of benzene rings is 1. The van der Waals surface area contributed by atoms with Crippen LogP contribution in [0.4, 0.5) is 5.69 Å². The predicted octanol–water partition coefficient (Wildman–Crippen LogP) is 3.50. The molecule has 2 rings (SSSR count). The van der Waals surface area contributed by atoms with Gasteiger partial charge < -0.3 is 0 Å². The number of hydrogen-bond acceptors (Lipinski definition) is 3. The van der Waals surface area contributed by atoms with E-state index in [-0.39, 0.29) is 10.0 Å². The number of pyridine rings is 1. The van der Waals surface area contributed by atoms with E-state index in [4.69, 9.17) is 23.2 Å². The molecule has 0 radical (unpaired) electrons. The van der Waals surface area contributed by atoms with E-state index < -0.39 is 10.0 Å². The summed E-state index contributed by atoms with van der Waals surface area (Å²) in [5.41, 5.74) is 1.21. The zero-order chi connectivity index (χ0) is 14.0. The number of aryl methyl sites for hydroxylation is 1. The average molecular weight is 317 g/mol. The summed E-state index contributed by atoms with van der Waals surface area (Å²) in [6.07, 6.45) is 1.20. The summed E-state index contributed by atoms with van der Waals surface area (Å²) in [5, 5.41) is 0.690. The van der Waals surface area contributed by atoms with Gasteiger partial charge in [-0.2, -0.15) is 0 Å². The molecule has 0 bridgehead atoms. The summed E-state index contributed by atoms with van der Waals surface area (Å²) in [4.78, 5) is 3.79. The maximum absolute atomic E-state index is 12.1. The first-order chi connectivity index (χ1) is 8.88. The van der Waals surface area contributed by atoms with Gasteiger partial charge in [-0.05, 0) is 36.8 Å². The van der Waals surface area contributed by atoms with Crippen LogP contribution in [-0.4, -0.2) is 13.4 Å². The second kappa shape index (κ2) is 5.36. The number of rotatable bonds is 3. The highest BCUT2D eigenvalue weighted by molar-refractivity contribution is 7.92. The largest absolute Gasteiger partial charge is 0.279 e. The van der Waals surface area contributed by atoms with Crippen LogP contribution in [0.15, 0.2) is 41.4 Å². The molecule has 1 aromatic carbocycles. The summed E-state index contributed by atoms with van der Waals surface area (Å²) in [7, 11) is -3.70. The number of hydrogen-bond donors (Lipinski definition) is 1. The Hall–Kier alpha value is -1.30. The molecule has 0 atom stereocenters. The SMILES string of the molecule is Cc1ccc(Cl)cc1NS(=O)(=O)c1ccc(Cl)nc1. The van der Waals surface area contributed by atoms with Gasteiger partial charge in [0, 0.05) is 11.2 Å². The number of sulfonamides is 1. The highest BCUT2D eigenvalue weighted by atomic mass is 35.5. The summed E-state index contributed by atoms with van der Waals surface area (Å²) < 4.78 is 26.7. The van der Waals surface area contributed by atoms with Crippen molar-refractivity contribution in [2.45, 2.75) is 11.8 Å². The van der Waals surface area contributed by atoms with Crippen molar-refractivity contribution in [3.8, 4) is 0 Å². The lowest BCUT2D eigenvalue weighted by Gasteiger charge is -2.10. The monoisotopic (exact) mass is 316 g/mol. The van der Waals surface area contributed by atoms with Crippen molar-refractivity contribution < 1.29 is 8.42 Å². The number of nitrogens with zero attached hydrogens (tertiary/aromatic N) is 1. The van der Waals surface area contributed by atoms with Crippen LogP contribution in [0, 0.1) is 6.92 Å². The molecule has 0 unspecified atom stereocenters. The molecule has 0 aliphatic rings. The van der Waals surface area contributed by atoms with Crippen molar-refractivity contribution in [2.75, 3.05) is 4.72 Å². The standard InChI is InChI=1S/C12H10Cl2N2O2S/c1-8-2-3-9(13)6-11(8)16-19(17,18)10-4-5-12(14)15-7-10/h2-7,16H,1H3. The summed E-state index contributed by atoms with van der Waals surface area (Å²) in [5.74, 6) is 0. The second-order valence-electron chi connectivity index (χ2n) is 3.88. The Balaban J connectivity index is 2.36. The van der Waals surface area contributed by atoms with Crippen LogP contribution in [0.25, 0.3) is 0 Å². The Bertz CT molecular complexity index is 700. The third kappa shape index (κ3) is 3.37. The Labute approximate surface area is 121 Å². The quantitative estimate of drug-likeness (QED) is 0.882. The molecule has 1 N–H and O–H groups in total. The molecule has 0 aliphatic carbocycles. The molecule has 0 saturated heterocycles. The van der Waals surface area contributed by atoms with Crippen LogP contribution >= 0.6 is 23.2 Å². The van der Waals surface area contributed by atoms with Crippen LogP contribution in [0.5, 0.6) is 0 Å². The third-order valence-electron chi connectivity index (χ3n) is 2.45. The first kappa shape index (κ1) is 14.1. The number of aromatic nitrogens is 1. The lowest BCUT2D eigenvalue weighted by atomic mass is 10.2. The fraction of sp³-hybridized carbons (Fsp3) is 0.0833. The van der Waals surface area contributed by atoms with E-state index in [0.29, 0.717) is 10.7 Å². The molecule has 0 amide bonds. The zero-order valence-corrected chi connectivity index (χ0v) is 12.2. The zero-order valence-electron chi connectivity index (χ0n) is 9.89. The fourth-order valence-corrected chi connectivity index (χ4v) is 2.78. The van der Waals surface area contributed by atoms with Crippen molar-refractivity contribution in [3.63, 3.8) is 0 Å². The average Bonchev–Trinajstić information content (AvgIpc) is 2.34. The summed E-state index contributed by atoms with van der Waals surface area (Å²) >= 11 is 11.5. The number of nitrogens with one attached hydrogen (secondary N) is 1. The van der Waals surface area contributed by atoms with Gasteiger partial charge in [0.05, 0.1) is 5.69 Å². The van der Waals surface area contributed by atoms with Crippen LogP contribution < -0.4 is 4.72 Å². The Kier molecular flexibility index (Phi) is 3.99. The third-order valence-corrected chi connectivity index (χ3v) is 4.26. The van der Waals surface area contributed by atoms with E-state index in [9.17, 15) is 8.42 Å². The van der Waals surface area contributed by atoms with Crippen molar-refractivity contribution in [2.24, 2.45) is 0 Å². The summed E-state index contributed by atoms with van der Waals surface area (Å²) in [6, 6.07) is 7.79. The van der Waals surface area contributed by atoms with E-state index in [0.717, 1.165) is 5.56 Å². The van der Waals surface area contributed by atoms with Gasteiger partial charge in [-0.15, -0.1) is 0 Å². The van der Waals surface area contributed by atoms with Crippen LogP contribution in [0.3, 0.4) is 0 Å². The smallest absolute Gasteiger partial charge is 0.263 e. The van der Waals surface area contributed by atoms with E-state index in [1.54, 1.807) is 25.1 Å². The molecule has 100 valence electrons. The molecule has 4 nitrogen and oxygen atoms in total. The maximum Gasteiger partial charge on any atom is 0.263 e. The Morgan fingerprint density at radius 1 is 1.16 bits per heavy atom. The minimum Gasteiger partial charge on any atom is -0.279 e. The normalized spacial score (nSPS) is 11.3. The van der Waals surface area contributed by atoms with Gasteiger partial charge in [0.25, 0.3) is 10.0 Å². The van der Waals surface area contributed by atoms with Crippen LogP contribution in [0.1, 0.15) is 5.56 Å². The second-order valence-corrected chi connectivity index (χ2v) is 6.39. The van der Waals surface area contributed by atoms with Crippen molar-refractivity contribution in [1.29, 1.82) is 0 Å². The molecular weight excluding hydrogens is 307 g/mol. The van der Waals surface area contributed by atoms with Gasteiger partial charge in [0.2, 0.25) is 0 Å². The molecular formula is C12H10Cl2N2O2S. The lowest BCUT2D eigenvalue weighted by Crippen LogP contribution is -2.14. The minimum absolute atomic E-state index is 0.0382. The molecule has 0 spiro atoms. The molecule has 7 heteroatoms. The predicted molar refractivity (Wildman–Crippen MR) is 76.2 cm³/mol. The van der Waals surface area contributed by atoms with Gasteiger partial charge in [0.15, 0.2) is 0 Å². The van der Waals surface area contributed by atoms with E-state index in [1.807, 2.05) is 0 Å².